The second kappa shape index (κ2) is 10.5. The summed E-state index contributed by atoms with van der Waals surface area (Å²) in [7, 11) is -4.05. The summed E-state index contributed by atoms with van der Waals surface area (Å²) in [6.07, 6.45) is 1.57. The summed E-state index contributed by atoms with van der Waals surface area (Å²) in [5, 5.41) is 10.6. The maximum absolute atomic E-state index is 13.8. The Hall–Kier alpha value is -3.78. The minimum absolute atomic E-state index is 0.0175. The van der Waals surface area contributed by atoms with Gasteiger partial charge < -0.3 is 9.84 Å². The van der Waals surface area contributed by atoms with Gasteiger partial charge in [-0.25, -0.2) is 12.4 Å². The summed E-state index contributed by atoms with van der Waals surface area (Å²) in [4.78, 5) is 11.3. The van der Waals surface area contributed by atoms with Gasteiger partial charge in [0.05, 0.1) is 20.5 Å². The van der Waals surface area contributed by atoms with Gasteiger partial charge in [-0.3, -0.25) is 4.79 Å². The molecule has 0 radical (unpaired) electrons. The number of hydrogen-bond donors (Lipinski definition) is 1. The Balaban J connectivity index is 1.57. The lowest BCUT2D eigenvalue weighted by atomic mass is 10.0. The number of aliphatic carboxylic acids is 1. The van der Waals surface area contributed by atoms with Gasteiger partial charge in [0.15, 0.2) is 0 Å². The minimum Gasteiger partial charge on any atom is -0.481 e. The maximum atomic E-state index is 13.8. The third-order valence-electron chi connectivity index (χ3n) is 6.06. The first-order valence-electron chi connectivity index (χ1n) is 11.6. The van der Waals surface area contributed by atoms with E-state index in [1.54, 1.807) is 36.4 Å². The van der Waals surface area contributed by atoms with Crippen LogP contribution in [0.5, 0.6) is 11.5 Å². The van der Waals surface area contributed by atoms with E-state index in [4.69, 9.17) is 27.9 Å². The molecule has 1 heterocycles. The van der Waals surface area contributed by atoms with Crippen molar-refractivity contribution in [3.8, 4) is 22.6 Å². The van der Waals surface area contributed by atoms with Crippen LogP contribution in [0.25, 0.3) is 22.0 Å². The van der Waals surface area contributed by atoms with Crippen molar-refractivity contribution < 1.29 is 23.1 Å². The van der Waals surface area contributed by atoms with Crippen molar-refractivity contribution >= 4 is 50.1 Å². The van der Waals surface area contributed by atoms with Gasteiger partial charge in [-0.1, -0.05) is 65.7 Å². The van der Waals surface area contributed by atoms with Crippen LogP contribution in [0.2, 0.25) is 10.0 Å². The normalized spacial score (nSPS) is 11.5. The lowest BCUT2D eigenvalue weighted by Gasteiger charge is -2.11. The molecular weight excluding hydrogens is 545 g/mol. The van der Waals surface area contributed by atoms with Gasteiger partial charge >= 0.3 is 5.97 Å². The van der Waals surface area contributed by atoms with E-state index < -0.39 is 16.0 Å². The van der Waals surface area contributed by atoms with Crippen LogP contribution in [-0.4, -0.2) is 23.5 Å². The number of nitrogens with zero attached hydrogens (tertiary/aromatic N) is 1. The highest BCUT2D eigenvalue weighted by atomic mass is 35.5. The Labute approximate surface area is 229 Å². The molecule has 0 fully saturated rings. The second-order valence-electron chi connectivity index (χ2n) is 8.60. The highest BCUT2D eigenvalue weighted by molar-refractivity contribution is 7.90. The summed E-state index contributed by atoms with van der Waals surface area (Å²) in [5.74, 6) is -0.247. The molecular formula is C29H21Cl2NO5S. The van der Waals surface area contributed by atoms with Crippen LogP contribution < -0.4 is 4.74 Å². The molecule has 0 bridgehead atoms. The van der Waals surface area contributed by atoms with E-state index in [0.717, 1.165) is 11.1 Å². The highest BCUT2D eigenvalue weighted by Crippen LogP contribution is 2.33. The number of hydrogen-bond acceptors (Lipinski definition) is 4. The molecule has 0 unspecified atom stereocenters. The van der Waals surface area contributed by atoms with Gasteiger partial charge in [0, 0.05) is 30.1 Å². The number of carbonyl (C=O) groups is 1. The predicted octanol–water partition coefficient (Wildman–Crippen LogP) is 7.66. The van der Waals surface area contributed by atoms with Crippen LogP contribution in [0.15, 0.2) is 102 Å². The molecule has 6 nitrogen and oxygen atoms in total. The quantitative estimate of drug-likeness (QED) is 0.208. The summed E-state index contributed by atoms with van der Waals surface area (Å²) in [6.45, 7) is 0. The number of fused-ring (bicyclic) bond motifs is 1. The summed E-state index contributed by atoms with van der Waals surface area (Å²) >= 11 is 12.0. The zero-order valence-electron chi connectivity index (χ0n) is 19.8. The van der Waals surface area contributed by atoms with Crippen LogP contribution in [-0.2, 0) is 21.2 Å². The van der Waals surface area contributed by atoms with Gasteiger partial charge in [0.1, 0.15) is 11.5 Å². The van der Waals surface area contributed by atoms with Crippen LogP contribution in [0.4, 0.5) is 0 Å². The highest BCUT2D eigenvalue weighted by Gasteiger charge is 2.23. The summed E-state index contributed by atoms with van der Waals surface area (Å²) in [6, 6.07) is 26.1. The number of carboxylic acid groups (broad SMARTS) is 1. The SMILES string of the molecule is O=C(O)CCc1cn(S(=O)(=O)c2cccc(Oc3ccc(Cl)c(Cl)c3)c2)c2ccc(-c3ccccc3)cc12. The second-order valence-corrected chi connectivity index (χ2v) is 11.2. The number of halogens is 2. The van der Waals surface area contributed by atoms with Crippen molar-refractivity contribution in [1.29, 1.82) is 0 Å². The smallest absolute Gasteiger partial charge is 0.303 e. The Kier molecular flexibility index (Phi) is 7.17. The molecule has 4 aromatic carbocycles. The predicted molar refractivity (Wildman–Crippen MR) is 149 cm³/mol. The number of benzene rings is 4. The van der Waals surface area contributed by atoms with Crippen molar-refractivity contribution in [2.24, 2.45) is 0 Å². The fraction of sp³-hybridized carbons (Fsp3) is 0.0690. The zero-order valence-corrected chi connectivity index (χ0v) is 22.2. The standard InChI is InChI=1S/C29H21Cl2NO5S/c30-26-12-11-23(17-27(26)31)37-22-7-4-8-24(16-22)38(35,36)32-18-21(10-14-29(33)34)25-15-20(9-13-28(25)32)19-5-2-1-3-6-19/h1-9,11-13,15-18H,10,14H2,(H,33,34). The minimum atomic E-state index is -4.05. The molecule has 0 aliphatic rings. The average Bonchev–Trinajstić information content (AvgIpc) is 3.29. The van der Waals surface area contributed by atoms with E-state index in [-0.39, 0.29) is 17.7 Å². The lowest BCUT2D eigenvalue weighted by molar-refractivity contribution is -0.136. The number of ether oxygens (including phenoxy) is 1. The van der Waals surface area contributed by atoms with Crippen LogP contribution >= 0.6 is 23.2 Å². The van der Waals surface area contributed by atoms with Crippen LogP contribution in [0.1, 0.15) is 12.0 Å². The fourth-order valence-corrected chi connectivity index (χ4v) is 5.92. The number of rotatable bonds is 8. The molecule has 0 amide bonds. The molecule has 0 atom stereocenters. The van der Waals surface area contributed by atoms with E-state index in [0.29, 0.717) is 38.0 Å². The topological polar surface area (TPSA) is 85.6 Å². The van der Waals surface area contributed by atoms with Gasteiger partial charge in [0.25, 0.3) is 10.0 Å². The third-order valence-corrected chi connectivity index (χ3v) is 8.47. The Morgan fingerprint density at radius 2 is 1.58 bits per heavy atom. The van der Waals surface area contributed by atoms with Crippen LogP contribution in [0.3, 0.4) is 0 Å². The van der Waals surface area contributed by atoms with Crippen molar-refractivity contribution in [2.75, 3.05) is 0 Å². The van der Waals surface area contributed by atoms with E-state index in [1.165, 1.54) is 22.3 Å². The molecule has 5 rings (SSSR count). The molecule has 0 aliphatic heterocycles. The lowest BCUT2D eigenvalue weighted by Crippen LogP contribution is -2.12. The van der Waals surface area contributed by atoms with Gasteiger partial charge in [0.2, 0.25) is 0 Å². The van der Waals surface area contributed by atoms with Crippen molar-refractivity contribution in [3.05, 3.63) is 113 Å². The molecule has 1 N–H and O–H groups in total. The Bertz CT molecular complexity index is 1770. The number of aryl methyl sites for hydroxylation is 1. The zero-order chi connectivity index (χ0) is 26.9. The summed E-state index contributed by atoms with van der Waals surface area (Å²) in [5.41, 5.74) is 2.97. The molecule has 5 aromatic rings. The monoisotopic (exact) mass is 565 g/mol. The fourth-order valence-electron chi connectivity index (χ4n) is 4.20. The molecule has 38 heavy (non-hydrogen) atoms. The van der Waals surface area contributed by atoms with E-state index in [9.17, 15) is 18.3 Å². The molecule has 1 aromatic heterocycles. The Morgan fingerprint density at radius 3 is 2.32 bits per heavy atom. The summed E-state index contributed by atoms with van der Waals surface area (Å²) < 4.78 is 34.6. The first-order valence-corrected chi connectivity index (χ1v) is 13.8. The third kappa shape index (κ3) is 5.27. The molecule has 0 saturated heterocycles. The number of carboxylic acids is 1. The molecule has 192 valence electrons. The van der Waals surface area contributed by atoms with Crippen molar-refractivity contribution in [3.63, 3.8) is 0 Å². The molecule has 0 spiro atoms. The van der Waals surface area contributed by atoms with Crippen LogP contribution in [0, 0.1) is 0 Å². The van der Waals surface area contributed by atoms with E-state index in [2.05, 4.69) is 0 Å². The van der Waals surface area contributed by atoms with Crippen molar-refractivity contribution in [2.45, 2.75) is 17.7 Å². The number of aromatic nitrogens is 1. The molecule has 0 aliphatic carbocycles. The van der Waals surface area contributed by atoms with E-state index >= 15 is 0 Å². The van der Waals surface area contributed by atoms with Gasteiger partial charge in [-0.2, -0.15) is 0 Å². The first kappa shape index (κ1) is 25.9. The van der Waals surface area contributed by atoms with Crippen molar-refractivity contribution in [1.82, 2.24) is 3.97 Å². The maximum Gasteiger partial charge on any atom is 0.303 e. The van der Waals surface area contributed by atoms with Gasteiger partial charge in [-0.05, 0) is 59.5 Å². The molecule has 0 saturated carbocycles. The van der Waals surface area contributed by atoms with Gasteiger partial charge in [-0.15, -0.1) is 0 Å². The molecule has 9 heteroatoms. The average molecular weight is 566 g/mol. The van der Waals surface area contributed by atoms with E-state index in [1.807, 2.05) is 42.5 Å². The first-order chi connectivity index (χ1) is 18.2. The Morgan fingerprint density at radius 1 is 0.816 bits per heavy atom. The largest absolute Gasteiger partial charge is 0.481 e.